The van der Waals surface area contributed by atoms with Gasteiger partial charge in [-0.25, -0.2) is 0 Å². The van der Waals surface area contributed by atoms with Crippen molar-refractivity contribution < 1.29 is 0 Å². The van der Waals surface area contributed by atoms with Gasteiger partial charge in [-0.15, -0.1) is 0 Å². The summed E-state index contributed by atoms with van der Waals surface area (Å²) in [6.45, 7) is 2.91. The second-order valence-electron chi connectivity index (χ2n) is 3.87. The summed E-state index contributed by atoms with van der Waals surface area (Å²) < 4.78 is 1.01. The third-order valence-electron chi connectivity index (χ3n) is 2.62. The van der Waals surface area contributed by atoms with Crippen LogP contribution in [0.25, 0.3) is 0 Å². The Kier molecular flexibility index (Phi) is 4.15. The molecule has 0 fully saturated rings. The van der Waals surface area contributed by atoms with E-state index in [4.69, 9.17) is 0 Å². The summed E-state index contributed by atoms with van der Waals surface area (Å²) in [6, 6.07) is 12.5. The van der Waals surface area contributed by atoms with Crippen molar-refractivity contribution in [1.82, 2.24) is 4.98 Å². The number of anilines is 1. The van der Waals surface area contributed by atoms with Crippen LogP contribution in [0.2, 0.25) is 0 Å². The van der Waals surface area contributed by atoms with E-state index in [-0.39, 0.29) is 0 Å². The number of pyridine rings is 1. The maximum atomic E-state index is 4.32. The fourth-order valence-corrected chi connectivity index (χ4v) is 1.80. The maximum Gasteiger partial charge on any atom is 0.0595 e. The molecule has 88 valence electrons. The summed E-state index contributed by atoms with van der Waals surface area (Å²) in [5.41, 5.74) is 3.53. The predicted molar refractivity (Wildman–Crippen MR) is 75.1 cm³/mol. The van der Waals surface area contributed by atoms with Gasteiger partial charge in [0, 0.05) is 16.4 Å². The first-order chi connectivity index (χ1) is 8.28. The lowest BCUT2D eigenvalue weighted by molar-refractivity contribution is 1.04. The Labute approximate surface area is 110 Å². The summed E-state index contributed by atoms with van der Waals surface area (Å²) in [5.74, 6) is 0. The summed E-state index contributed by atoms with van der Waals surface area (Å²) >= 11 is 3.37. The van der Waals surface area contributed by atoms with Gasteiger partial charge in [0.05, 0.1) is 12.2 Å². The zero-order valence-corrected chi connectivity index (χ0v) is 11.4. The minimum Gasteiger partial charge on any atom is -0.379 e. The van der Waals surface area contributed by atoms with Crippen molar-refractivity contribution in [3.05, 3.63) is 58.3 Å². The van der Waals surface area contributed by atoms with Gasteiger partial charge >= 0.3 is 0 Å². The number of rotatable bonds is 4. The predicted octanol–water partition coefficient (Wildman–Crippen LogP) is 4.02. The topological polar surface area (TPSA) is 24.9 Å². The van der Waals surface area contributed by atoms with E-state index in [2.05, 4.69) is 57.4 Å². The van der Waals surface area contributed by atoms with Crippen LogP contribution < -0.4 is 5.32 Å². The van der Waals surface area contributed by atoms with E-state index >= 15 is 0 Å². The Morgan fingerprint density at radius 3 is 2.47 bits per heavy atom. The molecule has 1 N–H and O–H groups in total. The average molecular weight is 291 g/mol. The number of halogens is 1. The highest BCUT2D eigenvalue weighted by molar-refractivity contribution is 9.10. The molecule has 0 amide bonds. The summed E-state index contributed by atoms with van der Waals surface area (Å²) in [7, 11) is 0. The molecule has 1 aromatic carbocycles. The third-order valence-corrected chi connectivity index (χ3v) is 3.09. The molecule has 0 spiro atoms. The van der Waals surface area contributed by atoms with Crippen LogP contribution in [0, 0.1) is 0 Å². The fraction of sp³-hybridized carbons (Fsp3) is 0.214. The molecule has 0 bridgehead atoms. The van der Waals surface area contributed by atoms with Crippen molar-refractivity contribution in [2.24, 2.45) is 0 Å². The van der Waals surface area contributed by atoms with Gasteiger partial charge in [-0.05, 0) is 52.2 Å². The van der Waals surface area contributed by atoms with Crippen LogP contribution in [0.4, 0.5) is 5.69 Å². The molecule has 0 radical (unpaired) electrons. The normalized spacial score (nSPS) is 10.2. The minimum atomic E-state index is 0.749. The van der Waals surface area contributed by atoms with Crippen LogP contribution in [0.5, 0.6) is 0 Å². The highest BCUT2D eigenvalue weighted by Crippen LogP contribution is 2.12. The van der Waals surface area contributed by atoms with Crippen molar-refractivity contribution in [2.45, 2.75) is 19.9 Å². The van der Waals surface area contributed by atoms with Crippen molar-refractivity contribution in [2.75, 3.05) is 5.32 Å². The highest BCUT2D eigenvalue weighted by Gasteiger charge is 1.96. The second kappa shape index (κ2) is 5.82. The molecule has 0 aliphatic rings. The molecule has 0 saturated heterocycles. The van der Waals surface area contributed by atoms with E-state index in [9.17, 15) is 0 Å². The molecule has 0 aliphatic carbocycles. The molecule has 0 unspecified atom stereocenters. The number of hydrogen-bond donors (Lipinski definition) is 1. The number of nitrogens with one attached hydrogen (secondary N) is 1. The van der Waals surface area contributed by atoms with E-state index < -0.39 is 0 Å². The largest absolute Gasteiger partial charge is 0.379 e. The zero-order chi connectivity index (χ0) is 12.1. The van der Waals surface area contributed by atoms with Crippen LogP contribution in [-0.4, -0.2) is 4.98 Å². The van der Waals surface area contributed by atoms with E-state index in [1.807, 2.05) is 18.3 Å². The van der Waals surface area contributed by atoms with Gasteiger partial charge in [0.15, 0.2) is 0 Å². The van der Waals surface area contributed by atoms with Gasteiger partial charge in [0.25, 0.3) is 0 Å². The van der Waals surface area contributed by atoms with E-state index in [1.54, 1.807) is 0 Å². The van der Waals surface area contributed by atoms with Crippen LogP contribution in [0.1, 0.15) is 18.2 Å². The van der Waals surface area contributed by atoms with Crippen LogP contribution in [-0.2, 0) is 13.0 Å². The summed E-state index contributed by atoms with van der Waals surface area (Å²) in [6.07, 6.45) is 2.89. The van der Waals surface area contributed by atoms with Gasteiger partial charge in [-0.2, -0.15) is 0 Å². The molecular formula is C14H15BrN2. The SMILES string of the molecule is CCc1ccc(NCc2ccc(Br)cn2)cc1. The lowest BCUT2D eigenvalue weighted by atomic mass is 10.1. The number of aryl methyl sites for hydroxylation is 1. The van der Waals surface area contributed by atoms with Gasteiger partial charge in [0.1, 0.15) is 0 Å². The van der Waals surface area contributed by atoms with Gasteiger partial charge in [0.2, 0.25) is 0 Å². The van der Waals surface area contributed by atoms with Gasteiger partial charge < -0.3 is 5.32 Å². The van der Waals surface area contributed by atoms with E-state index in [0.717, 1.165) is 28.8 Å². The Morgan fingerprint density at radius 1 is 1.12 bits per heavy atom. The number of benzene rings is 1. The molecule has 0 atom stereocenters. The lowest BCUT2D eigenvalue weighted by Crippen LogP contribution is -2.01. The fourth-order valence-electron chi connectivity index (χ4n) is 1.56. The average Bonchev–Trinajstić information content (AvgIpc) is 2.39. The molecule has 0 aliphatic heterocycles. The van der Waals surface area contributed by atoms with Gasteiger partial charge in [-0.3, -0.25) is 4.98 Å². The quantitative estimate of drug-likeness (QED) is 0.920. The number of hydrogen-bond acceptors (Lipinski definition) is 2. The Bertz CT molecular complexity index is 463. The van der Waals surface area contributed by atoms with E-state index in [1.165, 1.54) is 5.56 Å². The van der Waals surface area contributed by atoms with Gasteiger partial charge in [-0.1, -0.05) is 19.1 Å². The zero-order valence-electron chi connectivity index (χ0n) is 9.78. The van der Waals surface area contributed by atoms with Crippen molar-refractivity contribution in [1.29, 1.82) is 0 Å². The first-order valence-corrected chi connectivity index (χ1v) is 6.50. The minimum absolute atomic E-state index is 0.749. The number of nitrogens with zero attached hydrogens (tertiary/aromatic N) is 1. The first-order valence-electron chi connectivity index (χ1n) is 5.71. The Morgan fingerprint density at radius 2 is 1.88 bits per heavy atom. The molecule has 1 aromatic heterocycles. The van der Waals surface area contributed by atoms with E-state index in [0.29, 0.717) is 0 Å². The Hall–Kier alpha value is -1.35. The second-order valence-corrected chi connectivity index (χ2v) is 4.79. The standard InChI is InChI=1S/C14H15BrN2/c1-2-11-3-6-13(7-4-11)17-10-14-8-5-12(15)9-16-14/h3-9,17H,2,10H2,1H3. The molecule has 0 saturated carbocycles. The molecule has 1 heterocycles. The van der Waals surface area contributed by atoms with Crippen LogP contribution >= 0.6 is 15.9 Å². The molecule has 17 heavy (non-hydrogen) atoms. The van der Waals surface area contributed by atoms with Crippen molar-refractivity contribution in [3.8, 4) is 0 Å². The molecule has 3 heteroatoms. The van der Waals surface area contributed by atoms with Crippen molar-refractivity contribution in [3.63, 3.8) is 0 Å². The molecule has 2 rings (SSSR count). The van der Waals surface area contributed by atoms with Crippen LogP contribution in [0.3, 0.4) is 0 Å². The number of aromatic nitrogens is 1. The third kappa shape index (κ3) is 3.56. The highest BCUT2D eigenvalue weighted by atomic mass is 79.9. The molecular weight excluding hydrogens is 276 g/mol. The van der Waals surface area contributed by atoms with Crippen LogP contribution in [0.15, 0.2) is 47.1 Å². The first kappa shape index (κ1) is 12.1. The maximum absolute atomic E-state index is 4.32. The summed E-state index contributed by atoms with van der Waals surface area (Å²) in [5, 5.41) is 3.35. The lowest BCUT2D eigenvalue weighted by Gasteiger charge is -2.06. The molecule has 2 nitrogen and oxygen atoms in total. The Balaban J connectivity index is 1.95. The smallest absolute Gasteiger partial charge is 0.0595 e. The van der Waals surface area contributed by atoms with Crippen molar-refractivity contribution >= 4 is 21.6 Å². The summed E-state index contributed by atoms with van der Waals surface area (Å²) in [4.78, 5) is 4.32. The molecule has 2 aromatic rings. The monoisotopic (exact) mass is 290 g/mol.